The second-order valence-electron chi connectivity index (χ2n) is 4.95. The summed E-state index contributed by atoms with van der Waals surface area (Å²) in [5.74, 6) is 1.15. The Balaban J connectivity index is 2.32. The van der Waals surface area contributed by atoms with Crippen LogP contribution < -0.4 is 5.73 Å². The SMILES string of the molecule is CC(C)c1nc2ncccn2c1C1(N)CC1. The Labute approximate surface area is 94.5 Å². The van der Waals surface area contributed by atoms with E-state index in [2.05, 4.69) is 23.8 Å². The maximum absolute atomic E-state index is 6.33. The van der Waals surface area contributed by atoms with E-state index in [-0.39, 0.29) is 5.54 Å². The molecule has 2 aromatic rings. The third-order valence-corrected chi connectivity index (χ3v) is 3.24. The number of nitrogens with two attached hydrogens (primary N) is 1. The van der Waals surface area contributed by atoms with Crippen molar-refractivity contribution in [1.82, 2.24) is 14.4 Å². The highest BCUT2D eigenvalue weighted by Gasteiger charge is 2.45. The molecule has 4 heteroatoms. The highest BCUT2D eigenvalue weighted by molar-refractivity contribution is 5.42. The van der Waals surface area contributed by atoms with E-state index in [9.17, 15) is 0 Å². The van der Waals surface area contributed by atoms with Crippen LogP contribution in [0.2, 0.25) is 0 Å². The second-order valence-corrected chi connectivity index (χ2v) is 4.95. The van der Waals surface area contributed by atoms with Crippen LogP contribution >= 0.6 is 0 Å². The van der Waals surface area contributed by atoms with E-state index >= 15 is 0 Å². The summed E-state index contributed by atoms with van der Waals surface area (Å²) in [7, 11) is 0. The normalized spacial score (nSPS) is 18.2. The highest BCUT2D eigenvalue weighted by Crippen LogP contribution is 2.45. The number of hydrogen-bond acceptors (Lipinski definition) is 3. The van der Waals surface area contributed by atoms with Gasteiger partial charge in [0, 0.05) is 12.4 Å². The minimum absolute atomic E-state index is 0.165. The van der Waals surface area contributed by atoms with Gasteiger partial charge in [-0.1, -0.05) is 13.8 Å². The summed E-state index contributed by atoms with van der Waals surface area (Å²) in [6.45, 7) is 4.30. The molecule has 2 heterocycles. The minimum atomic E-state index is -0.165. The first kappa shape index (κ1) is 9.78. The standard InChI is InChI=1S/C12H16N4/c1-8(2)9-10(12(13)4-5-12)16-7-3-6-14-11(16)15-9/h3,6-8H,4-5,13H2,1-2H3. The first-order valence-corrected chi connectivity index (χ1v) is 5.74. The molecule has 0 aromatic carbocycles. The van der Waals surface area contributed by atoms with Crippen LogP contribution in [0.15, 0.2) is 18.5 Å². The summed E-state index contributed by atoms with van der Waals surface area (Å²) in [4.78, 5) is 8.87. The van der Waals surface area contributed by atoms with Crippen molar-refractivity contribution in [3.05, 3.63) is 29.8 Å². The molecular formula is C12H16N4. The molecule has 16 heavy (non-hydrogen) atoms. The van der Waals surface area contributed by atoms with Crippen LogP contribution in [0.4, 0.5) is 0 Å². The number of nitrogens with zero attached hydrogens (tertiary/aromatic N) is 3. The van der Waals surface area contributed by atoms with E-state index in [4.69, 9.17) is 5.73 Å². The van der Waals surface area contributed by atoms with E-state index in [1.165, 1.54) is 0 Å². The highest BCUT2D eigenvalue weighted by atomic mass is 15.1. The van der Waals surface area contributed by atoms with Gasteiger partial charge in [-0.15, -0.1) is 0 Å². The van der Waals surface area contributed by atoms with Crippen molar-refractivity contribution in [2.24, 2.45) is 5.73 Å². The Hall–Kier alpha value is -1.42. The molecule has 3 rings (SSSR count). The van der Waals surface area contributed by atoms with Crippen LogP contribution in [0.3, 0.4) is 0 Å². The van der Waals surface area contributed by atoms with Gasteiger partial charge in [0.05, 0.1) is 16.9 Å². The lowest BCUT2D eigenvalue weighted by Crippen LogP contribution is -2.23. The third-order valence-electron chi connectivity index (χ3n) is 3.24. The molecule has 1 aliphatic carbocycles. The van der Waals surface area contributed by atoms with Crippen LogP contribution in [0.5, 0.6) is 0 Å². The Morgan fingerprint density at radius 2 is 2.19 bits per heavy atom. The Kier molecular flexibility index (Phi) is 1.86. The van der Waals surface area contributed by atoms with E-state index in [0.29, 0.717) is 5.92 Å². The van der Waals surface area contributed by atoms with Crippen molar-refractivity contribution in [1.29, 1.82) is 0 Å². The average Bonchev–Trinajstić information content (AvgIpc) is 2.87. The van der Waals surface area contributed by atoms with Crippen LogP contribution in [-0.4, -0.2) is 14.4 Å². The van der Waals surface area contributed by atoms with Crippen molar-refractivity contribution in [3.8, 4) is 0 Å². The predicted octanol–water partition coefficient (Wildman–Crippen LogP) is 1.80. The maximum Gasteiger partial charge on any atom is 0.234 e. The lowest BCUT2D eigenvalue weighted by Gasteiger charge is -2.12. The molecule has 0 atom stereocenters. The molecule has 0 saturated heterocycles. The number of aromatic nitrogens is 3. The Morgan fingerprint density at radius 1 is 1.44 bits per heavy atom. The fourth-order valence-corrected chi connectivity index (χ4v) is 2.17. The molecule has 0 bridgehead atoms. The van der Waals surface area contributed by atoms with Gasteiger partial charge in [-0.3, -0.25) is 4.40 Å². The van der Waals surface area contributed by atoms with Gasteiger partial charge < -0.3 is 5.73 Å². The zero-order chi connectivity index (χ0) is 11.3. The third kappa shape index (κ3) is 1.26. The second kappa shape index (κ2) is 3.04. The minimum Gasteiger partial charge on any atom is -0.320 e. The molecule has 2 aromatic heterocycles. The Morgan fingerprint density at radius 3 is 2.81 bits per heavy atom. The summed E-state index contributed by atoms with van der Waals surface area (Å²) in [6.07, 6.45) is 5.88. The van der Waals surface area contributed by atoms with E-state index in [1.54, 1.807) is 6.20 Å². The lowest BCUT2D eigenvalue weighted by molar-refractivity contribution is 0.667. The maximum atomic E-state index is 6.33. The van der Waals surface area contributed by atoms with Gasteiger partial charge in [-0.2, -0.15) is 0 Å². The zero-order valence-electron chi connectivity index (χ0n) is 9.64. The molecule has 1 aliphatic rings. The van der Waals surface area contributed by atoms with Crippen LogP contribution in [-0.2, 0) is 5.54 Å². The van der Waals surface area contributed by atoms with Gasteiger partial charge >= 0.3 is 0 Å². The number of fused-ring (bicyclic) bond motifs is 1. The summed E-state index contributed by atoms with van der Waals surface area (Å²) in [5.41, 5.74) is 8.42. The molecule has 2 N–H and O–H groups in total. The van der Waals surface area contributed by atoms with Crippen molar-refractivity contribution >= 4 is 5.78 Å². The molecule has 0 aliphatic heterocycles. The van der Waals surface area contributed by atoms with Gasteiger partial charge in [0.1, 0.15) is 0 Å². The molecule has 0 spiro atoms. The molecule has 84 valence electrons. The predicted molar refractivity (Wildman–Crippen MR) is 62.2 cm³/mol. The van der Waals surface area contributed by atoms with E-state index in [1.807, 2.05) is 16.7 Å². The molecule has 1 saturated carbocycles. The molecule has 1 fully saturated rings. The largest absolute Gasteiger partial charge is 0.320 e. The molecule has 0 amide bonds. The number of hydrogen-bond donors (Lipinski definition) is 1. The quantitative estimate of drug-likeness (QED) is 0.832. The Bertz CT molecular complexity index is 537. The average molecular weight is 216 g/mol. The summed E-state index contributed by atoms with van der Waals surface area (Å²) in [6, 6.07) is 1.92. The molecule has 0 radical (unpaired) electrons. The molecule has 0 unspecified atom stereocenters. The van der Waals surface area contributed by atoms with Crippen LogP contribution in [0, 0.1) is 0 Å². The van der Waals surface area contributed by atoms with Gasteiger partial charge in [0.25, 0.3) is 0 Å². The lowest BCUT2D eigenvalue weighted by atomic mass is 10.0. The van der Waals surface area contributed by atoms with Gasteiger partial charge in [0.2, 0.25) is 5.78 Å². The monoisotopic (exact) mass is 216 g/mol. The first-order valence-electron chi connectivity index (χ1n) is 5.74. The van der Waals surface area contributed by atoms with Gasteiger partial charge in [0.15, 0.2) is 0 Å². The van der Waals surface area contributed by atoms with Crippen molar-refractivity contribution < 1.29 is 0 Å². The summed E-state index contributed by atoms with van der Waals surface area (Å²) < 4.78 is 2.04. The fourth-order valence-electron chi connectivity index (χ4n) is 2.17. The number of imidazole rings is 1. The summed E-state index contributed by atoms with van der Waals surface area (Å²) >= 11 is 0. The zero-order valence-corrected chi connectivity index (χ0v) is 9.64. The fraction of sp³-hybridized carbons (Fsp3) is 0.500. The van der Waals surface area contributed by atoms with Crippen molar-refractivity contribution in [2.75, 3.05) is 0 Å². The summed E-state index contributed by atoms with van der Waals surface area (Å²) in [5, 5.41) is 0. The number of rotatable bonds is 2. The smallest absolute Gasteiger partial charge is 0.234 e. The van der Waals surface area contributed by atoms with E-state index < -0.39 is 0 Å². The topological polar surface area (TPSA) is 56.2 Å². The molecular weight excluding hydrogens is 200 g/mol. The molecule has 4 nitrogen and oxygen atoms in total. The van der Waals surface area contributed by atoms with Gasteiger partial charge in [-0.25, -0.2) is 9.97 Å². The van der Waals surface area contributed by atoms with Crippen LogP contribution in [0.1, 0.15) is 44.0 Å². The van der Waals surface area contributed by atoms with Crippen LogP contribution in [0.25, 0.3) is 5.78 Å². The van der Waals surface area contributed by atoms with E-state index in [0.717, 1.165) is 30.0 Å². The van der Waals surface area contributed by atoms with Gasteiger partial charge in [-0.05, 0) is 24.8 Å². The van der Waals surface area contributed by atoms with Crippen molar-refractivity contribution in [2.45, 2.75) is 38.1 Å². The first-order chi connectivity index (χ1) is 7.62. The van der Waals surface area contributed by atoms with Crippen molar-refractivity contribution in [3.63, 3.8) is 0 Å².